The third kappa shape index (κ3) is 3.55. The van der Waals surface area contributed by atoms with Crippen molar-refractivity contribution in [3.8, 4) is 0 Å². The van der Waals surface area contributed by atoms with Crippen LogP contribution >= 0.6 is 0 Å². The Morgan fingerprint density at radius 1 is 1.29 bits per heavy atom. The molecule has 2 aromatic rings. The van der Waals surface area contributed by atoms with Gasteiger partial charge in [0, 0.05) is 23.5 Å². The average Bonchev–Trinajstić information content (AvgIpc) is 3.43. The normalized spacial score (nSPS) is 15.1. The van der Waals surface area contributed by atoms with Crippen LogP contribution in [0.5, 0.6) is 0 Å². The van der Waals surface area contributed by atoms with E-state index in [4.69, 9.17) is 0 Å². The number of nitrogens with one attached hydrogen (secondary N) is 2. The highest BCUT2D eigenvalue weighted by Gasteiger charge is 2.27. The molecule has 1 aliphatic carbocycles. The molecule has 0 saturated heterocycles. The topological polar surface area (TPSA) is 71.1 Å². The number of fused-ring (bicyclic) bond motifs is 1. The van der Waals surface area contributed by atoms with Gasteiger partial charge in [-0.15, -0.1) is 0 Å². The number of rotatable bonds is 6. The van der Waals surface area contributed by atoms with Crippen LogP contribution in [0.4, 0.5) is 0 Å². The van der Waals surface area contributed by atoms with E-state index in [0.717, 1.165) is 35.9 Å². The lowest BCUT2D eigenvalue weighted by Crippen LogP contribution is -2.45. The highest BCUT2D eigenvalue weighted by Crippen LogP contribution is 2.40. The molecule has 126 valence electrons. The summed E-state index contributed by atoms with van der Waals surface area (Å²) in [6.45, 7) is 4.31. The third-order valence-electron chi connectivity index (χ3n) is 4.27. The minimum absolute atomic E-state index is 0.161. The summed E-state index contributed by atoms with van der Waals surface area (Å²) in [5.41, 5.74) is 2.40. The Bertz CT molecular complexity index is 768. The zero-order valence-electron chi connectivity index (χ0n) is 14.1. The molecule has 1 saturated carbocycles. The first-order valence-corrected chi connectivity index (χ1v) is 8.58. The first-order valence-electron chi connectivity index (χ1n) is 8.58. The SMILES string of the molecule is CCCNC(=O)[C@H](C)NC(=O)c1cc(C2CC2)nc2ccccc12. The minimum Gasteiger partial charge on any atom is -0.354 e. The van der Waals surface area contributed by atoms with Gasteiger partial charge in [0.1, 0.15) is 6.04 Å². The molecule has 1 atom stereocenters. The quantitative estimate of drug-likeness (QED) is 0.858. The number of para-hydroxylation sites is 1. The van der Waals surface area contributed by atoms with Gasteiger partial charge in [-0.3, -0.25) is 14.6 Å². The molecule has 3 rings (SSSR count). The molecule has 2 N–H and O–H groups in total. The number of carbonyl (C=O) groups excluding carboxylic acids is 2. The largest absolute Gasteiger partial charge is 0.354 e. The molecule has 1 heterocycles. The fourth-order valence-corrected chi connectivity index (χ4v) is 2.71. The summed E-state index contributed by atoms with van der Waals surface area (Å²) >= 11 is 0. The summed E-state index contributed by atoms with van der Waals surface area (Å²) in [5.74, 6) is 0.0760. The van der Waals surface area contributed by atoms with Crippen LogP contribution in [0.1, 0.15) is 55.1 Å². The van der Waals surface area contributed by atoms with Gasteiger partial charge in [-0.25, -0.2) is 0 Å². The first kappa shape index (κ1) is 16.4. The Labute approximate surface area is 141 Å². The molecule has 24 heavy (non-hydrogen) atoms. The van der Waals surface area contributed by atoms with Crippen LogP contribution in [0.3, 0.4) is 0 Å². The molecule has 0 radical (unpaired) electrons. The van der Waals surface area contributed by atoms with Crippen LogP contribution in [0, 0.1) is 0 Å². The van der Waals surface area contributed by atoms with E-state index in [9.17, 15) is 9.59 Å². The molecule has 0 spiro atoms. The average molecular weight is 325 g/mol. The second kappa shape index (κ2) is 6.99. The molecule has 0 aliphatic heterocycles. The second-order valence-electron chi connectivity index (χ2n) is 6.37. The summed E-state index contributed by atoms with van der Waals surface area (Å²) < 4.78 is 0. The lowest BCUT2D eigenvalue weighted by molar-refractivity contribution is -0.122. The smallest absolute Gasteiger partial charge is 0.252 e. The first-order chi connectivity index (χ1) is 11.6. The highest BCUT2D eigenvalue weighted by atomic mass is 16.2. The molecule has 1 fully saturated rings. The number of hydrogen-bond acceptors (Lipinski definition) is 3. The van der Waals surface area contributed by atoms with E-state index in [0.29, 0.717) is 18.0 Å². The van der Waals surface area contributed by atoms with Crippen LogP contribution in [0.15, 0.2) is 30.3 Å². The molecule has 1 aliphatic rings. The predicted molar refractivity (Wildman–Crippen MR) is 93.9 cm³/mol. The van der Waals surface area contributed by atoms with Gasteiger partial charge in [-0.1, -0.05) is 25.1 Å². The van der Waals surface area contributed by atoms with E-state index >= 15 is 0 Å². The molecule has 5 heteroatoms. The zero-order valence-corrected chi connectivity index (χ0v) is 14.1. The van der Waals surface area contributed by atoms with E-state index in [2.05, 4.69) is 15.6 Å². The predicted octanol–water partition coefficient (Wildman–Crippen LogP) is 2.76. The Balaban J connectivity index is 1.84. The molecule has 0 bridgehead atoms. The van der Waals surface area contributed by atoms with Crippen LogP contribution in [0.2, 0.25) is 0 Å². The van der Waals surface area contributed by atoms with Crippen LogP contribution in [0.25, 0.3) is 10.9 Å². The fraction of sp³-hybridized carbons (Fsp3) is 0.421. The summed E-state index contributed by atoms with van der Waals surface area (Å²) in [5, 5.41) is 6.42. The number of carbonyl (C=O) groups is 2. The van der Waals surface area contributed by atoms with E-state index < -0.39 is 6.04 Å². The fourth-order valence-electron chi connectivity index (χ4n) is 2.71. The van der Waals surface area contributed by atoms with Gasteiger partial charge in [0.2, 0.25) is 5.91 Å². The third-order valence-corrected chi connectivity index (χ3v) is 4.27. The van der Waals surface area contributed by atoms with Crippen molar-refractivity contribution in [2.45, 2.75) is 45.1 Å². The number of aromatic nitrogens is 1. The monoisotopic (exact) mass is 325 g/mol. The van der Waals surface area contributed by atoms with Crippen molar-refractivity contribution in [3.63, 3.8) is 0 Å². The Kier molecular flexibility index (Phi) is 4.79. The zero-order chi connectivity index (χ0) is 17.1. The highest BCUT2D eigenvalue weighted by molar-refractivity contribution is 6.07. The van der Waals surface area contributed by atoms with Gasteiger partial charge in [0.05, 0.1) is 11.1 Å². The van der Waals surface area contributed by atoms with Crippen molar-refractivity contribution in [2.24, 2.45) is 0 Å². The van der Waals surface area contributed by atoms with E-state index in [1.807, 2.05) is 37.3 Å². The van der Waals surface area contributed by atoms with Crippen LogP contribution in [-0.2, 0) is 4.79 Å². The van der Waals surface area contributed by atoms with E-state index in [1.54, 1.807) is 6.92 Å². The van der Waals surface area contributed by atoms with Crippen molar-refractivity contribution in [2.75, 3.05) is 6.54 Å². The standard InChI is InChI=1S/C19H23N3O2/c1-3-10-20-18(23)12(2)21-19(24)15-11-17(13-8-9-13)22-16-7-5-4-6-14(15)16/h4-7,11-13H,3,8-10H2,1-2H3,(H,20,23)(H,21,24)/t12-/m0/s1. The lowest BCUT2D eigenvalue weighted by Gasteiger charge is -2.15. The van der Waals surface area contributed by atoms with Crippen molar-refractivity contribution in [3.05, 3.63) is 41.6 Å². The van der Waals surface area contributed by atoms with Gasteiger partial charge in [-0.2, -0.15) is 0 Å². The number of hydrogen-bond donors (Lipinski definition) is 2. The van der Waals surface area contributed by atoms with Gasteiger partial charge >= 0.3 is 0 Å². The molecular formula is C19H23N3O2. The molecular weight excluding hydrogens is 302 g/mol. The van der Waals surface area contributed by atoms with Gasteiger partial charge in [-0.05, 0) is 38.3 Å². The van der Waals surface area contributed by atoms with Crippen molar-refractivity contribution in [1.82, 2.24) is 15.6 Å². The summed E-state index contributed by atoms with van der Waals surface area (Å²) in [4.78, 5) is 29.4. The lowest BCUT2D eigenvalue weighted by atomic mass is 10.0. The van der Waals surface area contributed by atoms with Crippen LogP contribution in [-0.4, -0.2) is 29.4 Å². The van der Waals surface area contributed by atoms with Crippen molar-refractivity contribution in [1.29, 1.82) is 0 Å². The van der Waals surface area contributed by atoms with Crippen molar-refractivity contribution >= 4 is 22.7 Å². The molecule has 0 unspecified atom stereocenters. The Hall–Kier alpha value is -2.43. The maximum Gasteiger partial charge on any atom is 0.252 e. The van der Waals surface area contributed by atoms with Crippen LogP contribution < -0.4 is 10.6 Å². The van der Waals surface area contributed by atoms with E-state index in [1.165, 1.54) is 0 Å². The Morgan fingerprint density at radius 3 is 2.75 bits per heavy atom. The van der Waals surface area contributed by atoms with Crippen molar-refractivity contribution < 1.29 is 9.59 Å². The maximum absolute atomic E-state index is 12.7. The van der Waals surface area contributed by atoms with Gasteiger partial charge in [0.25, 0.3) is 5.91 Å². The van der Waals surface area contributed by atoms with Gasteiger partial charge < -0.3 is 10.6 Å². The molecule has 2 amide bonds. The summed E-state index contributed by atoms with van der Waals surface area (Å²) in [7, 11) is 0. The number of amides is 2. The van der Waals surface area contributed by atoms with Gasteiger partial charge in [0.15, 0.2) is 0 Å². The summed E-state index contributed by atoms with van der Waals surface area (Å²) in [6, 6.07) is 8.96. The minimum atomic E-state index is -0.569. The molecule has 1 aromatic carbocycles. The molecule has 1 aromatic heterocycles. The number of pyridine rings is 1. The van der Waals surface area contributed by atoms with E-state index in [-0.39, 0.29) is 11.8 Å². The Morgan fingerprint density at radius 2 is 2.04 bits per heavy atom. The maximum atomic E-state index is 12.7. The second-order valence-corrected chi connectivity index (χ2v) is 6.37. The number of nitrogens with zero attached hydrogens (tertiary/aromatic N) is 1. The number of benzene rings is 1. The molecule has 5 nitrogen and oxygen atoms in total. The summed E-state index contributed by atoms with van der Waals surface area (Å²) in [6.07, 6.45) is 3.12.